The maximum atomic E-state index is 5.93. The molecular weight excluding hydrogens is 232 g/mol. The minimum Gasteiger partial charge on any atom is -0.399 e. The number of nitrogens with zero attached hydrogens (tertiary/aromatic N) is 1. The molecular formula is C17H20N2. The van der Waals surface area contributed by atoms with E-state index in [-0.39, 0.29) is 0 Å². The van der Waals surface area contributed by atoms with Crippen LogP contribution < -0.4 is 5.73 Å². The number of nitrogens with two attached hydrogens (primary N) is 1. The van der Waals surface area contributed by atoms with Crippen LogP contribution in [-0.4, -0.2) is 4.98 Å². The number of aromatic nitrogens is 1. The first-order valence-electron chi connectivity index (χ1n) is 7.08. The van der Waals surface area contributed by atoms with Gasteiger partial charge >= 0.3 is 0 Å². The second-order valence-electron chi connectivity index (χ2n) is 5.53. The van der Waals surface area contributed by atoms with Crippen molar-refractivity contribution in [3.63, 3.8) is 0 Å². The van der Waals surface area contributed by atoms with Gasteiger partial charge in [-0.15, -0.1) is 0 Å². The zero-order valence-electron chi connectivity index (χ0n) is 11.1. The summed E-state index contributed by atoms with van der Waals surface area (Å²) in [6.07, 6.45) is 9.16. The van der Waals surface area contributed by atoms with Gasteiger partial charge in [-0.25, -0.2) is 0 Å². The van der Waals surface area contributed by atoms with E-state index in [1.54, 1.807) is 0 Å². The molecule has 0 saturated heterocycles. The average Bonchev–Trinajstić information content (AvgIpc) is 3.25. The molecule has 2 N–H and O–H groups in total. The normalized spacial score (nSPS) is 16.2. The van der Waals surface area contributed by atoms with Crippen LogP contribution in [0.4, 0.5) is 5.69 Å². The van der Waals surface area contributed by atoms with Gasteiger partial charge < -0.3 is 5.73 Å². The molecule has 1 aromatic carbocycles. The molecule has 0 amide bonds. The first-order chi connectivity index (χ1) is 9.33. The second kappa shape index (κ2) is 5.43. The van der Waals surface area contributed by atoms with Crippen LogP contribution in [0.1, 0.15) is 42.7 Å². The molecule has 1 atom stereocenters. The molecule has 0 radical (unpaired) electrons. The van der Waals surface area contributed by atoms with Gasteiger partial charge in [0, 0.05) is 24.0 Å². The lowest BCUT2D eigenvalue weighted by Gasteiger charge is -2.18. The van der Waals surface area contributed by atoms with E-state index < -0.39 is 0 Å². The molecule has 0 bridgehead atoms. The quantitative estimate of drug-likeness (QED) is 0.817. The van der Waals surface area contributed by atoms with Crippen molar-refractivity contribution < 1.29 is 0 Å². The molecule has 19 heavy (non-hydrogen) atoms. The minimum atomic E-state index is 0.429. The summed E-state index contributed by atoms with van der Waals surface area (Å²) in [5, 5.41) is 0. The molecule has 2 heteroatoms. The van der Waals surface area contributed by atoms with Gasteiger partial charge in [0.05, 0.1) is 0 Å². The van der Waals surface area contributed by atoms with Gasteiger partial charge in [0.1, 0.15) is 0 Å². The van der Waals surface area contributed by atoms with Gasteiger partial charge in [-0.05, 0) is 48.1 Å². The highest BCUT2D eigenvalue weighted by Crippen LogP contribution is 2.38. The lowest BCUT2D eigenvalue weighted by atomic mass is 9.87. The number of nitrogen functional groups attached to an aromatic ring is 1. The molecule has 2 aromatic rings. The molecule has 1 aliphatic carbocycles. The van der Waals surface area contributed by atoms with Crippen LogP contribution in [0.2, 0.25) is 0 Å². The SMILES string of the molecule is Nc1cccc(C(CCC2CC2)c2cccnc2)c1. The molecule has 0 spiro atoms. The molecule has 1 aromatic heterocycles. The molecule has 1 fully saturated rings. The van der Waals surface area contributed by atoms with Crippen LogP contribution >= 0.6 is 0 Å². The highest BCUT2D eigenvalue weighted by Gasteiger charge is 2.24. The van der Waals surface area contributed by atoms with Crippen molar-refractivity contribution >= 4 is 5.69 Å². The first-order valence-corrected chi connectivity index (χ1v) is 7.08. The molecule has 3 rings (SSSR count). The van der Waals surface area contributed by atoms with E-state index in [0.717, 1.165) is 11.6 Å². The fourth-order valence-electron chi connectivity index (χ4n) is 2.69. The van der Waals surface area contributed by atoms with E-state index in [2.05, 4.69) is 23.2 Å². The fourth-order valence-corrected chi connectivity index (χ4v) is 2.69. The van der Waals surface area contributed by atoms with E-state index >= 15 is 0 Å². The maximum absolute atomic E-state index is 5.93. The standard InChI is InChI=1S/C17H20N2/c18-16-5-1-3-14(11-16)17(9-8-13-6-7-13)15-4-2-10-19-12-15/h1-5,10-13,17H,6-9,18H2. The molecule has 1 heterocycles. The summed E-state index contributed by atoms with van der Waals surface area (Å²) in [5.74, 6) is 1.39. The third kappa shape index (κ3) is 3.14. The summed E-state index contributed by atoms with van der Waals surface area (Å²) in [6, 6.07) is 12.5. The monoisotopic (exact) mass is 252 g/mol. The smallest absolute Gasteiger partial charge is 0.0316 e. The first kappa shape index (κ1) is 12.2. The third-order valence-electron chi connectivity index (χ3n) is 3.96. The fraction of sp³-hybridized carbons (Fsp3) is 0.353. The molecule has 2 nitrogen and oxygen atoms in total. The zero-order valence-corrected chi connectivity index (χ0v) is 11.1. The van der Waals surface area contributed by atoms with Gasteiger partial charge in [0.25, 0.3) is 0 Å². The molecule has 0 aliphatic heterocycles. The van der Waals surface area contributed by atoms with E-state index in [9.17, 15) is 0 Å². The minimum absolute atomic E-state index is 0.429. The van der Waals surface area contributed by atoms with Crippen molar-refractivity contribution in [2.24, 2.45) is 5.92 Å². The van der Waals surface area contributed by atoms with Crippen molar-refractivity contribution in [1.29, 1.82) is 0 Å². The van der Waals surface area contributed by atoms with E-state index in [0.29, 0.717) is 5.92 Å². The van der Waals surface area contributed by atoms with Gasteiger partial charge in [0.2, 0.25) is 0 Å². The summed E-state index contributed by atoms with van der Waals surface area (Å²) >= 11 is 0. The Morgan fingerprint density at radius 2 is 2.00 bits per heavy atom. The lowest BCUT2D eigenvalue weighted by molar-refractivity contribution is 0.613. The predicted molar refractivity (Wildman–Crippen MR) is 78.9 cm³/mol. The molecule has 1 saturated carbocycles. The van der Waals surface area contributed by atoms with Crippen molar-refractivity contribution in [2.45, 2.75) is 31.6 Å². The Hall–Kier alpha value is -1.83. The zero-order chi connectivity index (χ0) is 13.1. The van der Waals surface area contributed by atoms with Crippen LogP contribution in [0.25, 0.3) is 0 Å². The number of benzene rings is 1. The Morgan fingerprint density at radius 3 is 2.68 bits per heavy atom. The largest absolute Gasteiger partial charge is 0.399 e. The van der Waals surface area contributed by atoms with Gasteiger partial charge in [-0.2, -0.15) is 0 Å². The van der Waals surface area contributed by atoms with Crippen LogP contribution in [0, 0.1) is 5.92 Å². The highest BCUT2D eigenvalue weighted by atomic mass is 14.6. The number of rotatable bonds is 5. The molecule has 1 unspecified atom stereocenters. The van der Waals surface area contributed by atoms with E-state index in [1.807, 2.05) is 30.6 Å². The summed E-state index contributed by atoms with van der Waals surface area (Å²) < 4.78 is 0. The molecule has 98 valence electrons. The Bertz CT molecular complexity index is 532. The highest BCUT2D eigenvalue weighted by molar-refractivity contribution is 5.44. The van der Waals surface area contributed by atoms with Crippen molar-refractivity contribution in [3.05, 3.63) is 59.9 Å². The average molecular weight is 252 g/mol. The topological polar surface area (TPSA) is 38.9 Å². The summed E-state index contributed by atoms with van der Waals surface area (Å²) in [4.78, 5) is 4.26. The molecule has 1 aliphatic rings. The van der Waals surface area contributed by atoms with E-state index in [1.165, 1.54) is 36.8 Å². The van der Waals surface area contributed by atoms with Crippen LogP contribution in [0.5, 0.6) is 0 Å². The predicted octanol–water partition coefficient (Wildman–Crippen LogP) is 3.99. The van der Waals surface area contributed by atoms with Gasteiger partial charge in [0.15, 0.2) is 0 Å². The number of hydrogen-bond donors (Lipinski definition) is 1. The Morgan fingerprint density at radius 1 is 1.16 bits per heavy atom. The number of hydrogen-bond acceptors (Lipinski definition) is 2. The Balaban J connectivity index is 1.86. The summed E-state index contributed by atoms with van der Waals surface area (Å²) in [6.45, 7) is 0. The Labute approximate surface area is 114 Å². The van der Waals surface area contributed by atoms with Gasteiger partial charge in [-0.1, -0.05) is 31.0 Å². The van der Waals surface area contributed by atoms with E-state index in [4.69, 9.17) is 5.73 Å². The third-order valence-corrected chi connectivity index (χ3v) is 3.96. The van der Waals surface area contributed by atoms with Crippen LogP contribution in [0.15, 0.2) is 48.8 Å². The van der Waals surface area contributed by atoms with Crippen LogP contribution in [-0.2, 0) is 0 Å². The summed E-state index contributed by atoms with van der Waals surface area (Å²) in [5.41, 5.74) is 9.39. The van der Waals surface area contributed by atoms with Crippen molar-refractivity contribution in [3.8, 4) is 0 Å². The van der Waals surface area contributed by atoms with Gasteiger partial charge in [-0.3, -0.25) is 4.98 Å². The lowest BCUT2D eigenvalue weighted by Crippen LogP contribution is -2.03. The summed E-state index contributed by atoms with van der Waals surface area (Å²) in [7, 11) is 0. The Kier molecular flexibility index (Phi) is 3.49. The van der Waals surface area contributed by atoms with Crippen molar-refractivity contribution in [2.75, 3.05) is 5.73 Å². The number of pyridine rings is 1. The second-order valence-corrected chi connectivity index (χ2v) is 5.53. The van der Waals surface area contributed by atoms with Crippen LogP contribution in [0.3, 0.4) is 0 Å². The number of anilines is 1. The maximum Gasteiger partial charge on any atom is 0.0316 e. The van der Waals surface area contributed by atoms with Crippen molar-refractivity contribution in [1.82, 2.24) is 4.98 Å².